The third-order valence-corrected chi connectivity index (χ3v) is 4.55. The van der Waals surface area contributed by atoms with E-state index in [9.17, 15) is 0 Å². The van der Waals surface area contributed by atoms with Gasteiger partial charge in [0, 0.05) is 24.8 Å². The predicted molar refractivity (Wildman–Crippen MR) is 82.0 cm³/mol. The van der Waals surface area contributed by atoms with E-state index in [1.165, 1.54) is 57.3 Å². The van der Waals surface area contributed by atoms with Crippen LogP contribution in [-0.4, -0.2) is 25.7 Å². The topological polar surface area (TPSA) is 15.3 Å². The first-order valence-electron chi connectivity index (χ1n) is 7.97. The molecular weight excluding hydrogens is 232 g/mol. The van der Waals surface area contributed by atoms with E-state index in [0.717, 1.165) is 6.54 Å². The summed E-state index contributed by atoms with van der Waals surface area (Å²) in [5, 5.41) is 3.68. The smallest absolute Gasteiger partial charge is 0.0369 e. The van der Waals surface area contributed by atoms with Gasteiger partial charge in [0.25, 0.3) is 0 Å². The Kier molecular flexibility index (Phi) is 4.07. The van der Waals surface area contributed by atoms with E-state index >= 15 is 0 Å². The Morgan fingerprint density at radius 2 is 2.11 bits per heavy atom. The van der Waals surface area contributed by atoms with Crippen molar-refractivity contribution in [2.75, 3.05) is 24.5 Å². The minimum Gasteiger partial charge on any atom is -0.370 e. The molecule has 1 saturated heterocycles. The molecule has 0 aromatic heterocycles. The van der Waals surface area contributed by atoms with E-state index in [2.05, 4.69) is 35.3 Å². The van der Waals surface area contributed by atoms with E-state index in [-0.39, 0.29) is 0 Å². The molecule has 1 heterocycles. The summed E-state index contributed by atoms with van der Waals surface area (Å²) in [5.74, 6) is 0. The largest absolute Gasteiger partial charge is 0.370 e. The van der Waals surface area contributed by atoms with Gasteiger partial charge in [-0.05, 0) is 68.3 Å². The normalized spacial score (nSPS) is 22.6. The molecule has 104 valence electrons. The molecule has 1 aliphatic heterocycles. The summed E-state index contributed by atoms with van der Waals surface area (Å²) in [6.07, 6.45) is 7.81. The molecule has 2 aliphatic rings. The predicted octanol–water partition coefficient (Wildman–Crippen LogP) is 3.14. The summed E-state index contributed by atoms with van der Waals surface area (Å²) in [7, 11) is 0. The first kappa shape index (κ1) is 13.0. The van der Waals surface area contributed by atoms with Gasteiger partial charge in [0.05, 0.1) is 0 Å². The van der Waals surface area contributed by atoms with Gasteiger partial charge in [0.1, 0.15) is 0 Å². The highest BCUT2D eigenvalue weighted by Gasteiger charge is 2.20. The highest BCUT2D eigenvalue weighted by molar-refractivity contribution is 5.52. The van der Waals surface area contributed by atoms with E-state index in [4.69, 9.17) is 0 Å². The third kappa shape index (κ3) is 2.94. The van der Waals surface area contributed by atoms with Crippen LogP contribution < -0.4 is 10.2 Å². The van der Waals surface area contributed by atoms with Crippen molar-refractivity contribution >= 4 is 5.69 Å². The average molecular weight is 258 g/mol. The van der Waals surface area contributed by atoms with Crippen LogP contribution in [0, 0.1) is 0 Å². The van der Waals surface area contributed by atoms with Crippen LogP contribution in [0.4, 0.5) is 5.69 Å². The van der Waals surface area contributed by atoms with Gasteiger partial charge in [0.15, 0.2) is 0 Å². The third-order valence-electron chi connectivity index (χ3n) is 4.55. The number of anilines is 1. The summed E-state index contributed by atoms with van der Waals surface area (Å²) >= 11 is 0. The Balaban J connectivity index is 1.67. The second kappa shape index (κ2) is 5.96. The van der Waals surface area contributed by atoms with Crippen LogP contribution in [0.2, 0.25) is 0 Å². The van der Waals surface area contributed by atoms with Gasteiger partial charge in [0.2, 0.25) is 0 Å². The number of nitrogens with zero attached hydrogens (tertiary/aromatic N) is 1. The maximum Gasteiger partial charge on any atom is 0.0369 e. The van der Waals surface area contributed by atoms with E-state index in [1.54, 1.807) is 11.1 Å². The number of hydrogen-bond acceptors (Lipinski definition) is 2. The maximum absolute atomic E-state index is 3.68. The zero-order valence-corrected chi connectivity index (χ0v) is 12.1. The highest BCUT2D eigenvalue weighted by atomic mass is 15.2. The molecule has 1 aromatic rings. The van der Waals surface area contributed by atoms with Gasteiger partial charge in [-0.2, -0.15) is 0 Å². The molecular formula is C17H26N2. The fourth-order valence-electron chi connectivity index (χ4n) is 3.48. The Labute approximate surface area is 117 Å². The van der Waals surface area contributed by atoms with Gasteiger partial charge in [-0.15, -0.1) is 0 Å². The second-order valence-electron chi connectivity index (χ2n) is 6.05. The lowest BCUT2D eigenvalue weighted by atomic mass is 10.0. The monoisotopic (exact) mass is 258 g/mol. The quantitative estimate of drug-likeness (QED) is 0.892. The van der Waals surface area contributed by atoms with Crippen molar-refractivity contribution in [3.8, 4) is 0 Å². The van der Waals surface area contributed by atoms with Crippen LogP contribution in [-0.2, 0) is 12.8 Å². The Hall–Kier alpha value is -1.02. The van der Waals surface area contributed by atoms with Crippen LogP contribution >= 0.6 is 0 Å². The van der Waals surface area contributed by atoms with Crippen molar-refractivity contribution in [1.29, 1.82) is 0 Å². The summed E-state index contributed by atoms with van der Waals surface area (Å²) in [5.41, 5.74) is 4.63. The van der Waals surface area contributed by atoms with Crippen LogP contribution in [0.3, 0.4) is 0 Å². The summed E-state index contributed by atoms with van der Waals surface area (Å²) in [6.45, 7) is 5.80. The molecule has 1 fully saturated rings. The van der Waals surface area contributed by atoms with E-state index < -0.39 is 0 Å². The lowest BCUT2D eigenvalue weighted by molar-refractivity contribution is 0.423. The molecule has 1 aliphatic carbocycles. The minimum atomic E-state index is 0.682. The summed E-state index contributed by atoms with van der Waals surface area (Å²) in [6, 6.07) is 7.83. The number of fused-ring (bicyclic) bond motifs is 1. The molecule has 1 N–H and O–H groups in total. The molecule has 0 spiro atoms. The Bertz CT molecular complexity index is 427. The molecule has 2 heteroatoms. The second-order valence-corrected chi connectivity index (χ2v) is 6.05. The van der Waals surface area contributed by atoms with Crippen molar-refractivity contribution in [1.82, 2.24) is 5.32 Å². The van der Waals surface area contributed by atoms with Crippen LogP contribution in [0.15, 0.2) is 18.2 Å². The molecule has 0 radical (unpaired) electrons. The number of piperidine rings is 1. The molecule has 0 amide bonds. The van der Waals surface area contributed by atoms with Crippen molar-refractivity contribution < 1.29 is 0 Å². The van der Waals surface area contributed by atoms with Gasteiger partial charge >= 0.3 is 0 Å². The molecule has 2 nitrogen and oxygen atoms in total. The number of nitrogens with one attached hydrogen (secondary N) is 1. The minimum absolute atomic E-state index is 0.682. The first-order chi connectivity index (χ1) is 9.36. The zero-order valence-electron chi connectivity index (χ0n) is 12.1. The number of rotatable bonds is 4. The van der Waals surface area contributed by atoms with Crippen molar-refractivity contribution in [2.24, 2.45) is 0 Å². The fraction of sp³-hybridized carbons (Fsp3) is 0.647. The summed E-state index contributed by atoms with van der Waals surface area (Å²) < 4.78 is 0. The first-order valence-corrected chi connectivity index (χ1v) is 7.97. The number of benzene rings is 1. The fourth-order valence-corrected chi connectivity index (χ4v) is 3.48. The standard InChI is InChI=1S/C17H26N2/c1-2-10-18-16-7-4-11-19(13-16)17-9-8-14-5-3-6-15(14)12-17/h8-9,12,16,18H,2-7,10-11,13H2,1H3. The van der Waals surface area contributed by atoms with Crippen LogP contribution in [0.25, 0.3) is 0 Å². The zero-order chi connectivity index (χ0) is 13.1. The van der Waals surface area contributed by atoms with E-state index in [1.807, 2.05) is 0 Å². The van der Waals surface area contributed by atoms with Gasteiger partial charge in [-0.25, -0.2) is 0 Å². The molecule has 1 aromatic carbocycles. The van der Waals surface area contributed by atoms with Gasteiger partial charge in [-0.1, -0.05) is 13.0 Å². The Morgan fingerprint density at radius 3 is 3.00 bits per heavy atom. The number of aryl methyl sites for hydroxylation is 2. The van der Waals surface area contributed by atoms with Crippen LogP contribution in [0.1, 0.15) is 43.7 Å². The van der Waals surface area contributed by atoms with Crippen LogP contribution in [0.5, 0.6) is 0 Å². The highest BCUT2D eigenvalue weighted by Crippen LogP contribution is 2.28. The molecule has 1 unspecified atom stereocenters. The molecule has 0 bridgehead atoms. The van der Waals surface area contributed by atoms with Crippen molar-refractivity contribution in [3.63, 3.8) is 0 Å². The number of hydrogen-bond donors (Lipinski definition) is 1. The summed E-state index contributed by atoms with van der Waals surface area (Å²) in [4.78, 5) is 2.58. The molecule has 1 atom stereocenters. The van der Waals surface area contributed by atoms with Crippen molar-refractivity contribution in [3.05, 3.63) is 29.3 Å². The average Bonchev–Trinajstić information content (AvgIpc) is 2.92. The lowest BCUT2D eigenvalue weighted by Crippen LogP contribution is -2.46. The maximum atomic E-state index is 3.68. The molecule has 0 saturated carbocycles. The van der Waals surface area contributed by atoms with Crippen molar-refractivity contribution in [2.45, 2.75) is 51.5 Å². The SMILES string of the molecule is CCCNC1CCCN(c2ccc3c(c2)CCC3)C1. The van der Waals surface area contributed by atoms with E-state index in [0.29, 0.717) is 6.04 Å². The molecule has 3 rings (SSSR count). The Morgan fingerprint density at radius 1 is 1.21 bits per heavy atom. The lowest BCUT2D eigenvalue weighted by Gasteiger charge is -2.35. The van der Waals surface area contributed by atoms with Gasteiger partial charge in [-0.3, -0.25) is 0 Å². The molecule has 19 heavy (non-hydrogen) atoms. The van der Waals surface area contributed by atoms with Gasteiger partial charge < -0.3 is 10.2 Å².